The first-order valence-corrected chi connectivity index (χ1v) is 9.30. The number of hydrogen-bond donors (Lipinski definition) is 2. The number of nitrogens with zero attached hydrogens (tertiary/aromatic N) is 1. The Hall–Kier alpha value is -3.31. The van der Waals surface area contributed by atoms with Gasteiger partial charge in [0.05, 0.1) is 0 Å². The summed E-state index contributed by atoms with van der Waals surface area (Å²) in [6, 6.07) is 20.3. The van der Waals surface area contributed by atoms with Crippen molar-refractivity contribution in [3.63, 3.8) is 0 Å². The van der Waals surface area contributed by atoms with E-state index in [0.717, 1.165) is 22.0 Å². The average Bonchev–Trinajstić information content (AvgIpc) is 3.14. The predicted octanol–water partition coefficient (Wildman–Crippen LogP) is 4.02. The van der Waals surface area contributed by atoms with Crippen LogP contribution in [0.3, 0.4) is 0 Å². The van der Waals surface area contributed by atoms with Crippen LogP contribution in [0, 0.1) is 5.21 Å². The molecule has 2 aromatic carbocycles. The number of aromatic nitrogens is 2. The number of pyridine rings is 1. The number of fused-ring (bicyclic) bond motifs is 1. The van der Waals surface area contributed by atoms with Crippen LogP contribution in [-0.2, 0) is 0 Å². The fourth-order valence-corrected chi connectivity index (χ4v) is 3.68. The van der Waals surface area contributed by atoms with Crippen molar-refractivity contribution in [2.75, 3.05) is 6.54 Å². The number of rotatable bonds is 5. The number of aromatic amines is 1. The van der Waals surface area contributed by atoms with Crippen molar-refractivity contribution >= 4 is 28.4 Å². The lowest BCUT2D eigenvalue weighted by Crippen LogP contribution is -2.40. The van der Waals surface area contributed by atoms with Crippen molar-refractivity contribution in [1.82, 2.24) is 10.3 Å². The summed E-state index contributed by atoms with van der Waals surface area (Å²) in [6.07, 6.45) is 3.25. The van der Waals surface area contributed by atoms with Crippen LogP contribution in [0.4, 0.5) is 0 Å². The predicted molar refractivity (Wildman–Crippen MR) is 109 cm³/mol. The molecule has 28 heavy (non-hydrogen) atoms. The molecule has 140 valence electrons. The first-order chi connectivity index (χ1) is 13.6. The van der Waals surface area contributed by atoms with E-state index >= 15 is 0 Å². The third-order valence-electron chi connectivity index (χ3n) is 4.80. The van der Waals surface area contributed by atoms with Crippen LogP contribution in [0.15, 0.2) is 79.1 Å². The first-order valence-electron chi connectivity index (χ1n) is 8.92. The molecule has 6 heteroatoms. The zero-order chi connectivity index (χ0) is 19.5. The minimum Gasteiger partial charge on any atom is -0.618 e. The highest BCUT2D eigenvalue weighted by Gasteiger charge is 2.23. The Morgan fingerprint density at radius 3 is 2.61 bits per heavy atom. The van der Waals surface area contributed by atoms with Gasteiger partial charge in [0.25, 0.3) is 5.69 Å². The maximum absolute atomic E-state index is 12.5. The van der Waals surface area contributed by atoms with Gasteiger partial charge in [-0.3, -0.25) is 4.79 Å². The van der Waals surface area contributed by atoms with Gasteiger partial charge < -0.3 is 15.5 Å². The van der Waals surface area contributed by atoms with E-state index in [4.69, 9.17) is 11.6 Å². The number of amides is 1. The maximum atomic E-state index is 12.5. The van der Waals surface area contributed by atoms with E-state index in [2.05, 4.69) is 10.3 Å². The Morgan fingerprint density at radius 2 is 1.79 bits per heavy atom. The maximum Gasteiger partial charge on any atom is 0.317 e. The summed E-state index contributed by atoms with van der Waals surface area (Å²) in [4.78, 5) is 15.8. The highest BCUT2D eigenvalue weighted by Crippen LogP contribution is 2.34. The molecular formula is C22H18ClN3O2. The molecule has 2 aromatic heterocycles. The van der Waals surface area contributed by atoms with E-state index in [1.807, 2.05) is 54.7 Å². The summed E-state index contributed by atoms with van der Waals surface area (Å²) in [5, 5.41) is 16.4. The third kappa shape index (κ3) is 3.44. The number of para-hydroxylation sites is 1. The molecule has 0 bridgehead atoms. The molecule has 0 aliphatic heterocycles. The van der Waals surface area contributed by atoms with Crippen LogP contribution in [-0.4, -0.2) is 17.4 Å². The smallest absolute Gasteiger partial charge is 0.317 e. The van der Waals surface area contributed by atoms with E-state index in [1.54, 1.807) is 12.1 Å². The SMILES string of the molecule is O=C(NC[C@@H](c1ccccc1Cl)c1c[nH]c2ccccc12)c1cccc[n+]1[O-]. The number of carbonyl (C=O) groups is 1. The van der Waals surface area contributed by atoms with E-state index in [-0.39, 0.29) is 11.6 Å². The van der Waals surface area contributed by atoms with Gasteiger partial charge in [0, 0.05) is 46.7 Å². The molecule has 2 heterocycles. The molecule has 5 nitrogen and oxygen atoms in total. The molecule has 0 radical (unpaired) electrons. The van der Waals surface area contributed by atoms with Crippen molar-refractivity contribution in [2.45, 2.75) is 5.92 Å². The minimum absolute atomic E-state index is 0.0549. The lowest BCUT2D eigenvalue weighted by Gasteiger charge is -2.19. The van der Waals surface area contributed by atoms with E-state index < -0.39 is 5.91 Å². The summed E-state index contributed by atoms with van der Waals surface area (Å²) < 4.78 is 0.561. The van der Waals surface area contributed by atoms with Gasteiger partial charge in [0.15, 0.2) is 6.20 Å². The Balaban J connectivity index is 1.69. The number of carbonyl (C=O) groups excluding carboxylic acids is 1. The van der Waals surface area contributed by atoms with Crippen LogP contribution >= 0.6 is 11.6 Å². The third-order valence-corrected chi connectivity index (χ3v) is 5.14. The van der Waals surface area contributed by atoms with Crippen molar-refractivity contribution in [3.8, 4) is 0 Å². The fourth-order valence-electron chi connectivity index (χ4n) is 3.42. The molecule has 4 aromatic rings. The molecule has 0 spiro atoms. The standard InChI is InChI=1S/C22H18ClN3O2/c23-19-9-3-1-7-15(19)17(18-13-24-20-10-4-2-8-16(18)20)14-25-22(27)21-11-5-6-12-26(21)28/h1-13,17,24H,14H2,(H,25,27)/t17-/m0/s1. The monoisotopic (exact) mass is 391 g/mol. The molecule has 0 fully saturated rings. The lowest BCUT2D eigenvalue weighted by atomic mass is 9.90. The van der Waals surface area contributed by atoms with E-state index in [9.17, 15) is 10.0 Å². The van der Waals surface area contributed by atoms with Gasteiger partial charge in [-0.1, -0.05) is 48.0 Å². The molecule has 1 atom stereocenters. The summed E-state index contributed by atoms with van der Waals surface area (Å²) in [5.74, 6) is -0.592. The Morgan fingerprint density at radius 1 is 1.04 bits per heavy atom. The molecule has 2 N–H and O–H groups in total. The highest BCUT2D eigenvalue weighted by atomic mass is 35.5. The Labute approximate surface area is 167 Å². The summed E-state index contributed by atoms with van der Waals surface area (Å²) >= 11 is 6.47. The number of nitrogens with one attached hydrogen (secondary N) is 2. The number of H-pyrrole nitrogens is 1. The summed E-state index contributed by atoms with van der Waals surface area (Å²) in [6.45, 7) is 0.305. The van der Waals surface area contributed by atoms with E-state index in [1.165, 1.54) is 12.3 Å². The zero-order valence-corrected chi connectivity index (χ0v) is 15.7. The number of halogens is 1. The van der Waals surface area contributed by atoms with Crippen LogP contribution in [0.25, 0.3) is 10.9 Å². The zero-order valence-electron chi connectivity index (χ0n) is 14.9. The number of benzene rings is 2. The topological polar surface area (TPSA) is 71.8 Å². The largest absolute Gasteiger partial charge is 0.618 e. The average molecular weight is 392 g/mol. The molecule has 4 rings (SSSR count). The van der Waals surface area contributed by atoms with E-state index in [0.29, 0.717) is 16.3 Å². The van der Waals surface area contributed by atoms with Gasteiger partial charge in [-0.2, -0.15) is 4.73 Å². The van der Waals surface area contributed by atoms with Crippen molar-refractivity contribution in [2.24, 2.45) is 0 Å². The summed E-state index contributed by atoms with van der Waals surface area (Å²) in [5.41, 5.74) is 3.02. The molecule has 0 aliphatic rings. The second-order valence-electron chi connectivity index (χ2n) is 6.49. The quantitative estimate of drug-likeness (QED) is 0.398. The van der Waals surface area contributed by atoms with Gasteiger partial charge in [0.2, 0.25) is 0 Å². The molecule has 0 saturated heterocycles. The van der Waals surface area contributed by atoms with Crippen molar-refractivity contribution in [3.05, 3.63) is 106 Å². The number of hydrogen-bond acceptors (Lipinski definition) is 2. The normalized spacial score (nSPS) is 12.0. The van der Waals surface area contributed by atoms with Gasteiger partial charge in [-0.15, -0.1) is 0 Å². The Kier molecular flexibility index (Phi) is 5.00. The summed E-state index contributed by atoms with van der Waals surface area (Å²) in [7, 11) is 0. The lowest BCUT2D eigenvalue weighted by molar-refractivity contribution is -0.607. The van der Waals surface area contributed by atoms with Crippen LogP contribution in [0.2, 0.25) is 5.02 Å². The van der Waals surface area contributed by atoms with Crippen molar-refractivity contribution < 1.29 is 9.52 Å². The second-order valence-corrected chi connectivity index (χ2v) is 6.89. The molecular weight excluding hydrogens is 374 g/mol. The van der Waals surface area contributed by atoms with Gasteiger partial charge in [0.1, 0.15) is 0 Å². The first kappa shape index (κ1) is 18.1. The second kappa shape index (κ2) is 7.74. The molecule has 0 unspecified atom stereocenters. The van der Waals surface area contributed by atoms with Gasteiger partial charge in [-0.25, -0.2) is 0 Å². The minimum atomic E-state index is -0.424. The molecule has 0 aliphatic carbocycles. The highest BCUT2D eigenvalue weighted by molar-refractivity contribution is 6.31. The van der Waals surface area contributed by atoms with Gasteiger partial charge >= 0.3 is 5.91 Å². The van der Waals surface area contributed by atoms with Crippen LogP contribution in [0.1, 0.15) is 27.5 Å². The van der Waals surface area contributed by atoms with Crippen LogP contribution < -0.4 is 10.0 Å². The van der Waals surface area contributed by atoms with Gasteiger partial charge in [-0.05, 0) is 29.3 Å². The molecule has 1 amide bonds. The van der Waals surface area contributed by atoms with Crippen molar-refractivity contribution in [1.29, 1.82) is 0 Å². The Bertz CT molecular complexity index is 1140. The molecule has 0 saturated carbocycles. The fraction of sp³-hybridized carbons (Fsp3) is 0.0909. The van der Waals surface area contributed by atoms with Crippen LogP contribution in [0.5, 0.6) is 0 Å².